The minimum absolute atomic E-state index is 0.00783. The summed E-state index contributed by atoms with van der Waals surface area (Å²) in [4.78, 5) is 30.4. The Kier molecular flexibility index (Phi) is 4.82. The molecule has 3 aliphatic carbocycles. The maximum atomic E-state index is 14.1. The number of benzene rings is 3. The number of fused-ring (bicyclic) bond motifs is 1. The Labute approximate surface area is 231 Å². The first-order valence-electron chi connectivity index (χ1n) is 14.1. The monoisotopic (exact) mass is 535 g/mol. The lowest BCUT2D eigenvalue weighted by atomic mass is 9.47. The summed E-state index contributed by atoms with van der Waals surface area (Å²) >= 11 is 0. The summed E-state index contributed by atoms with van der Waals surface area (Å²) < 4.78 is 6.25. The smallest absolute Gasteiger partial charge is 0.235 e. The Morgan fingerprint density at radius 3 is 2.73 bits per heavy atom. The highest BCUT2D eigenvalue weighted by Gasteiger charge is 2.75. The molecule has 2 saturated carbocycles. The molecule has 0 radical (unpaired) electrons. The van der Waals surface area contributed by atoms with Crippen LogP contribution >= 0.6 is 0 Å². The molecule has 2 aliphatic heterocycles. The summed E-state index contributed by atoms with van der Waals surface area (Å²) in [6.07, 6.45) is 2.43. The topological polar surface area (TPSA) is 123 Å². The van der Waals surface area contributed by atoms with Crippen molar-refractivity contribution in [3.05, 3.63) is 65.2 Å². The van der Waals surface area contributed by atoms with Crippen molar-refractivity contribution in [2.45, 2.75) is 55.3 Å². The number of carbonyl (C=O) groups excluding carboxylic acids is 2. The number of aromatic hydroxyl groups is 1. The summed E-state index contributed by atoms with van der Waals surface area (Å²) in [5, 5.41) is 37.4. The number of phenols is 1. The largest absolute Gasteiger partial charge is 0.504 e. The van der Waals surface area contributed by atoms with Gasteiger partial charge in [0.25, 0.3) is 0 Å². The van der Waals surface area contributed by atoms with E-state index in [1.54, 1.807) is 18.2 Å². The predicted molar refractivity (Wildman–Crippen MR) is 146 cm³/mol. The third-order valence-corrected chi connectivity index (χ3v) is 10.2. The van der Waals surface area contributed by atoms with Crippen LogP contribution in [-0.2, 0) is 21.4 Å². The minimum atomic E-state index is -1.38. The first-order chi connectivity index (χ1) is 19.4. The number of ether oxygens (including phenoxy) is 1. The first kappa shape index (κ1) is 23.9. The quantitative estimate of drug-likeness (QED) is 0.438. The number of carbonyl (C=O) groups is 2. The van der Waals surface area contributed by atoms with Gasteiger partial charge >= 0.3 is 0 Å². The normalized spacial score (nSPS) is 31.8. The number of amides is 1. The fraction of sp³-hybridized carbons (Fsp3) is 0.406. The zero-order valence-corrected chi connectivity index (χ0v) is 21.9. The lowest BCUT2D eigenvalue weighted by Gasteiger charge is -2.63. The van der Waals surface area contributed by atoms with Crippen LogP contribution < -0.4 is 10.1 Å². The predicted octanol–water partition coefficient (Wildman–Crippen LogP) is 3.42. The van der Waals surface area contributed by atoms with Crippen molar-refractivity contribution in [2.24, 2.45) is 11.8 Å². The number of nitrogens with zero attached hydrogens (tertiary/aromatic N) is 2. The van der Waals surface area contributed by atoms with Gasteiger partial charge in [0.15, 0.2) is 23.4 Å². The number of hydrogen-bond donors (Lipinski definition) is 3. The molecule has 1 unspecified atom stereocenters. The summed E-state index contributed by atoms with van der Waals surface area (Å²) in [6, 6.07) is 16.1. The van der Waals surface area contributed by atoms with Gasteiger partial charge in [-0.15, -0.1) is 0 Å². The molecule has 8 nitrogen and oxygen atoms in total. The highest BCUT2D eigenvalue weighted by molar-refractivity contribution is 6.13. The van der Waals surface area contributed by atoms with E-state index in [1.807, 2.05) is 30.3 Å². The molecule has 8 heteroatoms. The fourth-order valence-corrected chi connectivity index (χ4v) is 8.25. The second kappa shape index (κ2) is 8.06. The van der Waals surface area contributed by atoms with Crippen LogP contribution in [0.25, 0.3) is 10.8 Å². The third-order valence-electron chi connectivity index (χ3n) is 10.2. The zero-order valence-electron chi connectivity index (χ0n) is 21.9. The Balaban J connectivity index is 1.21. The number of nitriles is 1. The van der Waals surface area contributed by atoms with Crippen LogP contribution in [-0.4, -0.2) is 57.6 Å². The van der Waals surface area contributed by atoms with Gasteiger partial charge in [-0.05, 0) is 68.3 Å². The number of ketones is 1. The van der Waals surface area contributed by atoms with Crippen LogP contribution in [0.2, 0.25) is 0 Å². The number of Topliss-reactive ketones (excluding diaryl/α,β-unsaturated/α-hetero) is 1. The standard InChI is InChI=1S/C32H29N3O5/c33-15-19-7-9-23(21-4-2-1-3-20(19)21)34-30(38)22-14-32(39)25-13-18-8-10-24(36)28-26(18)31(32,29(40-28)27(22)37)11-12-35(25)16-17-5-6-17/h1-4,7-10,17,22,25,29,36,39H,5-6,11-14,16H2,(H,34,38)/t22?,25-,29+,31+,32-/m1/s1. The molecule has 3 aromatic carbocycles. The third kappa shape index (κ3) is 2.97. The van der Waals surface area contributed by atoms with Gasteiger partial charge in [-0.1, -0.05) is 30.3 Å². The van der Waals surface area contributed by atoms with Gasteiger partial charge in [0.2, 0.25) is 5.91 Å². The molecule has 40 heavy (non-hydrogen) atoms. The Hall–Kier alpha value is -3.93. The van der Waals surface area contributed by atoms with E-state index < -0.39 is 28.9 Å². The van der Waals surface area contributed by atoms with Crippen molar-refractivity contribution < 1.29 is 24.5 Å². The fourth-order valence-electron chi connectivity index (χ4n) is 8.25. The number of phenolic OH excluding ortho intramolecular Hbond substituents is 1. The van der Waals surface area contributed by atoms with Gasteiger partial charge in [0, 0.05) is 34.6 Å². The number of likely N-dealkylation sites (tertiary alicyclic amines) is 1. The number of piperidine rings is 1. The molecule has 1 saturated heterocycles. The Bertz CT molecular complexity index is 1670. The van der Waals surface area contributed by atoms with Gasteiger partial charge in [0.05, 0.1) is 22.6 Å². The van der Waals surface area contributed by atoms with Gasteiger partial charge in [-0.25, -0.2) is 0 Å². The van der Waals surface area contributed by atoms with E-state index >= 15 is 0 Å². The van der Waals surface area contributed by atoms with E-state index in [4.69, 9.17) is 4.74 Å². The van der Waals surface area contributed by atoms with Crippen molar-refractivity contribution in [1.29, 1.82) is 5.26 Å². The minimum Gasteiger partial charge on any atom is -0.504 e. The number of rotatable bonds is 4. The van der Waals surface area contributed by atoms with Crippen molar-refractivity contribution in [1.82, 2.24) is 4.90 Å². The molecule has 5 atom stereocenters. The lowest BCUT2D eigenvalue weighted by Crippen LogP contribution is -2.78. The van der Waals surface area contributed by atoms with Gasteiger partial charge < -0.3 is 20.3 Å². The van der Waals surface area contributed by atoms with E-state index in [1.165, 1.54) is 12.8 Å². The maximum absolute atomic E-state index is 14.1. The van der Waals surface area contributed by atoms with Crippen molar-refractivity contribution >= 4 is 28.2 Å². The second-order valence-corrected chi connectivity index (χ2v) is 12.2. The molecule has 0 aromatic heterocycles. The summed E-state index contributed by atoms with van der Waals surface area (Å²) in [7, 11) is 0. The van der Waals surface area contributed by atoms with E-state index in [2.05, 4.69) is 16.3 Å². The maximum Gasteiger partial charge on any atom is 0.235 e. The van der Waals surface area contributed by atoms with Crippen LogP contribution in [0.4, 0.5) is 5.69 Å². The van der Waals surface area contributed by atoms with E-state index in [0.717, 1.165) is 24.2 Å². The number of aliphatic hydroxyl groups is 1. The van der Waals surface area contributed by atoms with Gasteiger partial charge in [0.1, 0.15) is 5.92 Å². The summed E-state index contributed by atoms with van der Waals surface area (Å²) in [5.74, 6) is -1.12. The van der Waals surface area contributed by atoms with Crippen molar-refractivity contribution in [3.63, 3.8) is 0 Å². The van der Waals surface area contributed by atoms with Crippen LogP contribution in [0.15, 0.2) is 48.5 Å². The Morgan fingerprint density at radius 2 is 1.95 bits per heavy atom. The van der Waals surface area contributed by atoms with Crippen molar-refractivity contribution in [3.8, 4) is 17.6 Å². The van der Waals surface area contributed by atoms with E-state index in [0.29, 0.717) is 40.8 Å². The molecule has 3 fully saturated rings. The molecule has 8 rings (SSSR count). The number of anilines is 1. The molecule has 1 amide bonds. The molecule has 3 aromatic rings. The molecular weight excluding hydrogens is 506 g/mol. The molecule has 202 valence electrons. The molecule has 2 bridgehead atoms. The SMILES string of the molecule is N#Cc1ccc(NC(=O)C2C[C@@]3(O)[C@H]4Cc5ccc(O)c6c5[C@@]3(CCN4CC3CC3)[C@@H](O6)C2=O)c2ccccc12. The molecule has 2 heterocycles. The highest BCUT2D eigenvalue weighted by Crippen LogP contribution is 2.65. The number of nitrogens with one attached hydrogen (secondary N) is 1. The lowest BCUT2D eigenvalue weighted by molar-refractivity contribution is -0.197. The van der Waals surface area contributed by atoms with Crippen LogP contribution in [0, 0.1) is 23.2 Å². The zero-order chi connectivity index (χ0) is 27.4. The first-order valence-corrected chi connectivity index (χ1v) is 14.1. The highest BCUT2D eigenvalue weighted by atomic mass is 16.5. The molecule has 5 aliphatic rings. The van der Waals surface area contributed by atoms with Crippen LogP contribution in [0.5, 0.6) is 11.5 Å². The average molecular weight is 536 g/mol. The van der Waals surface area contributed by atoms with Gasteiger partial charge in [-0.2, -0.15) is 5.26 Å². The molecule has 3 N–H and O–H groups in total. The van der Waals surface area contributed by atoms with E-state index in [-0.39, 0.29) is 29.7 Å². The van der Waals surface area contributed by atoms with Crippen molar-refractivity contribution in [2.75, 3.05) is 18.4 Å². The second-order valence-electron chi connectivity index (χ2n) is 12.2. The molecular formula is C32H29N3O5. The average Bonchev–Trinajstić information content (AvgIpc) is 3.70. The number of hydrogen-bond acceptors (Lipinski definition) is 7. The van der Waals surface area contributed by atoms with E-state index in [9.17, 15) is 25.1 Å². The summed E-state index contributed by atoms with van der Waals surface area (Å²) in [5.41, 5.74) is 0.401. The molecule has 1 spiro atoms. The summed E-state index contributed by atoms with van der Waals surface area (Å²) in [6.45, 7) is 1.64. The van der Waals surface area contributed by atoms with Crippen LogP contribution in [0.1, 0.15) is 42.4 Å². The Morgan fingerprint density at radius 1 is 1.15 bits per heavy atom. The van der Waals surface area contributed by atoms with Crippen LogP contribution in [0.3, 0.4) is 0 Å². The van der Waals surface area contributed by atoms with Gasteiger partial charge in [-0.3, -0.25) is 14.5 Å².